The summed E-state index contributed by atoms with van der Waals surface area (Å²) in [5, 5.41) is 3.36. The summed E-state index contributed by atoms with van der Waals surface area (Å²) >= 11 is 0. The Morgan fingerprint density at radius 3 is 2.55 bits per heavy atom. The molecule has 116 valence electrons. The first kappa shape index (κ1) is 17.2. The molecule has 2 fully saturated rings. The van der Waals surface area contributed by atoms with E-state index in [1.54, 1.807) is 19.0 Å². The van der Waals surface area contributed by atoms with Gasteiger partial charge in [0, 0.05) is 32.6 Å². The Bertz CT molecular complexity index is 362. The molecule has 1 N–H and O–H groups in total. The lowest BCUT2D eigenvalue weighted by Crippen LogP contribution is -2.49. The average Bonchev–Trinajstić information content (AvgIpc) is 2.85. The third-order valence-corrected chi connectivity index (χ3v) is 4.23. The molecule has 0 aromatic carbocycles. The molecule has 6 heteroatoms. The molecule has 2 amide bonds. The minimum Gasteiger partial charge on any atom is -0.347 e. The fourth-order valence-corrected chi connectivity index (χ4v) is 3.18. The zero-order valence-corrected chi connectivity index (χ0v) is 13.4. The fraction of sp³-hybridized carbons (Fsp3) is 0.857. The quantitative estimate of drug-likeness (QED) is 0.824. The van der Waals surface area contributed by atoms with E-state index in [1.807, 2.05) is 4.90 Å². The number of amides is 2. The first-order valence-electron chi connectivity index (χ1n) is 7.25. The SMILES string of the molecule is C[C@H]1C[C@@H](C(=O)N2CCCC2C(=O)N(C)C)CCN1.Cl. The molecule has 20 heavy (non-hydrogen) atoms. The normalized spacial score (nSPS) is 29.8. The molecular formula is C14H26ClN3O2. The Morgan fingerprint density at radius 1 is 1.25 bits per heavy atom. The molecular weight excluding hydrogens is 278 g/mol. The molecule has 2 aliphatic rings. The van der Waals surface area contributed by atoms with Gasteiger partial charge in [-0.25, -0.2) is 0 Å². The highest BCUT2D eigenvalue weighted by Crippen LogP contribution is 2.25. The Labute approximate surface area is 127 Å². The van der Waals surface area contributed by atoms with Gasteiger partial charge in [-0.15, -0.1) is 12.4 Å². The van der Waals surface area contributed by atoms with E-state index in [4.69, 9.17) is 0 Å². The van der Waals surface area contributed by atoms with E-state index in [9.17, 15) is 9.59 Å². The van der Waals surface area contributed by atoms with Crippen LogP contribution in [-0.4, -0.2) is 60.9 Å². The van der Waals surface area contributed by atoms with E-state index in [0.717, 1.165) is 38.8 Å². The maximum Gasteiger partial charge on any atom is 0.244 e. The maximum atomic E-state index is 12.6. The Morgan fingerprint density at radius 2 is 1.95 bits per heavy atom. The van der Waals surface area contributed by atoms with Gasteiger partial charge in [0.05, 0.1) is 0 Å². The third-order valence-electron chi connectivity index (χ3n) is 4.23. The van der Waals surface area contributed by atoms with Crippen molar-refractivity contribution >= 4 is 24.2 Å². The van der Waals surface area contributed by atoms with E-state index in [1.165, 1.54) is 0 Å². The second-order valence-corrected chi connectivity index (χ2v) is 6.00. The predicted octanol–water partition coefficient (Wildman–Crippen LogP) is 0.876. The lowest BCUT2D eigenvalue weighted by molar-refractivity contribution is -0.145. The zero-order chi connectivity index (χ0) is 14.0. The largest absolute Gasteiger partial charge is 0.347 e. The number of carbonyl (C=O) groups excluding carboxylic acids is 2. The van der Waals surface area contributed by atoms with Gasteiger partial charge in [-0.3, -0.25) is 9.59 Å². The van der Waals surface area contributed by atoms with Gasteiger partial charge in [-0.05, 0) is 39.2 Å². The standard InChI is InChI=1S/C14H25N3O2.ClH/c1-10-9-11(6-7-15-10)13(18)17-8-4-5-12(17)14(19)16(2)3;/h10-12,15H,4-9H2,1-3H3;1H/t10-,11-,12?;/m0./s1. The lowest BCUT2D eigenvalue weighted by Gasteiger charge is -2.33. The fourth-order valence-electron chi connectivity index (χ4n) is 3.18. The smallest absolute Gasteiger partial charge is 0.244 e. The molecule has 2 rings (SSSR count). The third kappa shape index (κ3) is 3.64. The van der Waals surface area contributed by atoms with Crippen LogP contribution in [0.2, 0.25) is 0 Å². The summed E-state index contributed by atoms with van der Waals surface area (Å²) in [7, 11) is 3.52. The van der Waals surface area contributed by atoms with Crippen LogP contribution in [0.25, 0.3) is 0 Å². The Hall–Kier alpha value is -0.810. The van der Waals surface area contributed by atoms with Crippen LogP contribution in [0.5, 0.6) is 0 Å². The number of halogens is 1. The molecule has 5 nitrogen and oxygen atoms in total. The molecule has 1 unspecified atom stereocenters. The molecule has 3 atom stereocenters. The number of hydrogen-bond donors (Lipinski definition) is 1. The van der Waals surface area contributed by atoms with Crippen molar-refractivity contribution < 1.29 is 9.59 Å². The van der Waals surface area contributed by atoms with Crippen molar-refractivity contribution in [2.24, 2.45) is 5.92 Å². The van der Waals surface area contributed by atoms with Crippen molar-refractivity contribution in [2.45, 2.75) is 44.7 Å². The van der Waals surface area contributed by atoms with Crippen LogP contribution in [0.4, 0.5) is 0 Å². The molecule has 0 aromatic rings. The minimum atomic E-state index is -0.229. The number of piperidine rings is 1. The molecule has 2 saturated heterocycles. The van der Waals surface area contributed by atoms with Crippen molar-refractivity contribution in [1.82, 2.24) is 15.1 Å². The van der Waals surface area contributed by atoms with Crippen LogP contribution in [0.1, 0.15) is 32.6 Å². The number of likely N-dealkylation sites (tertiary alicyclic amines) is 1. The van der Waals surface area contributed by atoms with Crippen LogP contribution in [0, 0.1) is 5.92 Å². The minimum absolute atomic E-state index is 0. The van der Waals surface area contributed by atoms with Crippen LogP contribution in [0.15, 0.2) is 0 Å². The van der Waals surface area contributed by atoms with Crippen molar-refractivity contribution in [3.05, 3.63) is 0 Å². The van der Waals surface area contributed by atoms with Crippen LogP contribution >= 0.6 is 12.4 Å². The predicted molar refractivity (Wildman–Crippen MR) is 80.9 cm³/mol. The van der Waals surface area contributed by atoms with Gasteiger partial charge in [-0.1, -0.05) is 0 Å². The topological polar surface area (TPSA) is 52.7 Å². The molecule has 0 radical (unpaired) electrons. The monoisotopic (exact) mass is 303 g/mol. The highest BCUT2D eigenvalue weighted by Gasteiger charge is 2.38. The maximum absolute atomic E-state index is 12.6. The molecule has 2 heterocycles. The summed E-state index contributed by atoms with van der Waals surface area (Å²) in [6.45, 7) is 3.75. The Balaban J connectivity index is 0.00000200. The highest BCUT2D eigenvalue weighted by molar-refractivity contribution is 5.89. The Kier molecular flexibility index (Phi) is 6.27. The van der Waals surface area contributed by atoms with E-state index in [0.29, 0.717) is 6.04 Å². The average molecular weight is 304 g/mol. The number of rotatable bonds is 2. The van der Waals surface area contributed by atoms with Gasteiger partial charge in [0.1, 0.15) is 6.04 Å². The van der Waals surface area contributed by atoms with Crippen molar-refractivity contribution in [3.63, 3.8) is 0 Å². The summed E-state index contributed by atoms with van der Waals surface area (Å²) < 4.78 is 0. The second-order valence-electron chi connectivity index (χ2n) is 6.00. The lowest BCUT2D eigenvalue weighted by atomic mass is 9.91. The molecule has 0 aromatic heterocycles. The highest BCUT2D eigenvalue weighted by atomic mass is 35.5. The van der Waals surface area contributed by atoms with Gasteiger partial charge >= 0.3 is 0 Å². The van der Waals surface area contributed by atoms with E-state index >= 15 is 0 Å². The van der Waals surface area contributed by atoms with E-state index in [2.05, 4.69) is 12.2 Å². The second kappa shape index (κ2) is 7.27. The van der Waals surface area contributed by atoms with Crippen LogP contribution in [0.3, 0.4) is 0 Å². The number of nitrogens with zero attached hydrogens (tertiary/aromatic N) is 2. The van der Waals surface area contributed by atoms with Crippen molar-refractivity contribution in [2.75, 3.05) is 27.2 Å². The molecule has 0 spiro atoms. The van der Waals surface area contributed by atoms with E-state index < -0.39 is 0 Å². The summed E-state index contributed by atoms with van der Waals surface area (Å²) in [6.07, 6.45) is 3.53. The van der Waals surface area contributed by atoms with Crippen LogP contribution in [-0.2, 0) is 9.59 Å². The summed E-state index contributed by atoms with van der Waals surface area (Å²) in [5.74, 6) is 0.339. The van der Waals surface area contributed by atoms with Gasteiger partial charge in [0.2, 0.25) is 11.8 Å². The van der Waals surface area contributed by atoms with Gasteiger partial charge < -0.3 is 15.1 Å². The molecule has 0 bridgehead atoms. The first-order chi connectivity index (χ1) is 9.00. The van der Waals surface area contributed by atoms with E-state index in [-0.39, 0.29) is 36.2 Å². The number of hydrogen-bond acceptors (Lipinski definition) is 3. The molecule has 2 aliphatic heterocycles. The molecule has 0 aliphatic carbocycles. The summed E-state index contributed by atoms with van der Waals surface area (Å²) in [4.78, 5) is 28.2. The van der Waals surface area contributed by atoms with Crippen LogP contribution < -0.4 is 5.32 Å². The zero-order valence-electron chi connectivity index (χ0n) is 12.6. The van der Waals surface area contributed by atoms with Gasteiger partial charge in [-0.2, -0.15) is 0 Å². The van der Waals surface area contributed by atoms with Crippen molar-refractivity contribution in [1.29, 1.82) is 0 Å². The number of likely N-dealkylation sites (N-methyl/N-ethyl adjacent to an activating group) is 1. The summed E-state index contributed by atoms with van der Waals surface area (Å²) in [5.41, 5.74) is 0. The molecule has 0 saturated carbocycles. The van der Waals surface area contributed by atoms with Crippen molar-refractivity contribution in [3.8, 4) is 0 Å². The number of carbonyl (C=O) groups is 2. The van der Waals surface area contributed by atoms with Gasteiger partial charge in [0.25, 0.3) is 0 Å². The van der Waals surface area contributed by atoms with Gasteiger partial charge in [0.15, 0.2) is 0 Å². The first-order valence-corrected chi connectivity index (χ1v) is 7.25. The number of nitrogens with one attached hydrogen (secondary N) is 1. The summed E-state index contributed by atoms with van der Waals surface area (Å²) in [6, 6.07) is 0.168.